The Kier molecular flexibility index (Phi) is 32.5. The van der Waals surface area contributed by atoms with Gasteiger partial charge in [0.05, 0.1) is 5.56 Å². The quantitative estimate of drug-likeness (QED) is 0.0448. The summed E-state index contributed by atoms with van der Waals surface area (Å²) in [6.45, 7) is 4.58. The molecule has 0 unspecified atom stereocenters. The number of rotatable bonds is 32. The fourth-order valence-electron chi connectivity index (χ4n) is 6.25. The van der Waals surface area contributed by atoms with Crippen molar-refractivity contribution in [2.24, 2.45) is 7.05 Å². The molecule has 0 spiro atoms. The van der Waals surface area contributed by atoms with E-state index in [1.54, 1.807) is 0 Å². The molecule has 0 aliphatic heterocycles. The summed E-state index contributed by atoms with van der Waals surface area (Å²) in [5.74, 6) is -0.152. The van der Waals surface area contributed by atoms with Crippen LogP contribution in [0.4, 0.5) is 0 Å². The maximum absolute atomic E-state index is 12.8. The third-order valence-electron chi connectivity index (χ3n) is 9.25. The molecule has 0 amide bonds. The molecule has 1 aromatic rings. The molecule has 0 aliphatic rings. The average Bonchev–Trinajstić information content (AvgIpc) is 3.01. The van der Waals surface area contributed by atoms with E-state index in [9.17, 15) is 4.79 Å². The number of pyridine rings is 1. The molecule has 0 atom stereocenters. The number of esters is 1. The zero-order chi connectivity index (χ0) is 31.1. The van der Waals surface area contributed by atoms with E-state index < -0.39 is 0 Å². The summed E-state index contributed by atoms with van der Waals surface area (Å²) < 4.78 is 8.01. The SMILES string of the molecule is CCCCCCCCCCCCCCCCC(CCCCCCCCCCCCCCCC)OC(=O)c1cc[n+](C)cc1.[Cl-]. The highest BCUT2D eigenvalue weighted by atomic mass is 35.5. The Hall–Kier alpha value is -1.09. The van der Waals surface area contributed by atoms with Gasteiger partial charge >= 0.3 is 5.97 Å². The Labute approximate surface area is 281 Å². The molecule has 0 aliphatic carbocycles. The number of aryl methyl sites for hydroxylation is 1. The van der Waals surface area contributed by atoms with Gasteiger partial charge < -0.3 is 17.1 Å². The fraction of sp³-hybridized carbons (Fsp3) is 0.850. The average molecular weight is 636 g/mol. The lowest BCUT2D eigenvalue weighted by Gasteiger charge is -2.18. The number of hydrogen-bond donors (Lipinski definition) is 0. The summed E-state index contributed by atoms with van der Waals surface area (Å²) in [4.78, 5) is 12.8. The molecule has 0 N–H and O–H groups in total. The van der Waals surface area contributed by atoms with Crippen molar-refractivity contribution >= 4 is 5.97 Å². The van der Waals surface area contributed by atoms with E-state index in [1.165, 1.54) is 180 Å². The van der Waals surface area contributed by atoms with Crippen LogP contribution in [-0.4, -0.2) is 12.1 Å². The molecule has 0 radical (unpaired) electrons. The molecule has 3 nitrogen and oxygen atoms in total. The third kappa shape index (κ3) is 27.2. The van der Waals surface area contributed by atoms with Gasteiger partial charge in [0.25, 0.3) is 0 Å². The van der Waals surface area contributed by atoms with Crippen LogP contribution in [-0.2, 0) is 11.8 Å². The predicted octanol–water partition coefficient (Wildman–Crippen LogP) is 9.78. The van der Waals surface area contributed by atoms with E-state index in [2.05, 4.69) is 13.8 Å². The second-order valence-electron chi connectivity index (χ2n) is 13.5. The van der Waals surface area contributed by atoms with Crippen molar-refractivity contribution < 1.29 is 26.5 Å². The lowest BCUT2D eigenvalue weighted by Crippen LogP contribution is -3.00. The molecule has 1 rings (SSSR count). The lowest BCUT2D eigenvalue weighted by atomic mass is 10.0. The molecule has 1 aromatic heterocycles. The normalized spacial score (nSPS) is 11.2. The minimum Gasteiger partial charge on any atom is -1.00 e. The highest BCUT2D eigenvalue weighted by Crippen LogP contribution is 2.19. The summed E-state index contributed by atoms with van der Waals surface area (Å²) in [6.07, 6.45) is 44.5. The largest absolute Gasteiger partial charge is 1.00 e. The van der Waals surface area contributed by atoms with Gasteiger partial charge in [0.15, 0.2) is 12.4 Å². The van der Waals surface area contributed by atoms with Crippen LogP contribution in [0.2, 0.25) is 0 Å². The highest BCUT2D eigenvalue weighted by Gasteiger charge is 2.16. The molecule has 1 heterocycles. The molecular formula is C40H74ClNO2. The minimum absolute atomic E-state index is 0. The van der Waals surface area contributed by atoms with Crippen LogP contribution in [0.1, 0.15) is 217 Å². The molecular weight excluding hydrogens is 562 g/mol. The van der Waals surface area contributed by atoms with Crippen LogP contribution >= 0.6 is 0 Å². The van der Waals surface area contributed by atoms with Gasteiger partial charge in [-0.25, -0.2) is 9.36 Å². The monoisotopic (exact) mass is 636 g/mol. The van der Waals surface area contributed by atoms with Crippen molar-refractivity contribution in [1.29, 1.82) is 0 Å². The van der Waals surface area contributed by atoms with Crippen molar-refractivity contribution in [3.63, 3.8) is 0 Å². The number of unbranched alkanes of at least 4 members (excludes halogenated alkanes) is 26. The maximum atomic E-state index is 12.8. The number of nitrogens with zero attached hydrogens (tertiary/aromatic N) is 1. The maximum Gasteiger partial charge on any atom is 0.338 e. The van der Waals surface area contributed by atoms with Gasteiger partial charge in [-0.15, -0.1) is 0 Å². The molecule has 258 valence electrons. The standard InChI is InChI=1S/C40H74NO2.ClH/c1-4-6-8-10-12-14-16-18-20-22-24-26-28-30-32-39(43-40(42)38-34-36-41(3)37-35-38)33-31-29-27-25-23-21-19-17-15-13-11-9-7-5-2;/h34-37,39H,4-33H2,1-3H3;1H/q+1;/p-1. The van der Waals surface area contributed by atoms with Gasteiger partial charge in [0, 0.05) is 12.1 Å². The van der Waals surface area contributed by atoms with Crippen LogP contribution in [0.3, 0.4) is 0 Å². The van der Waals surface area contributed by atoms with E-state index >= 15 is 0 Å². The van der Waals surface area contributed by atoms with Gasteiger partial charge in [-0.1, -0.05) is 181 Å². The molecule has 0 aromatic carbocycles. The van der Waals surface area contributed by atoms with Crippen LogP contribution in [0, 0.1) is 0 Å². The molecule has 4 heteroatoms. The van der Waals surface area contributed by atoms with Gasteiger partial charge in [0.1, 0.15) is 13.2 Å². The molecule has 0 saturated carbocycles. The summed E-state index contributed by atoms with van der Waals surface area (Å²) in [7, 11) is 1.98. The first-order valence-corrected chi connectivity index (χ1v) is 19.3. The van der Waals surface area contributed by atoms with E-state index in [1.807, 2.05) is 36.1 Å². The molecule has 0 bridgehead atoms. The van der Waals surface area contributed by atoms with Crippen molar-refractivity contribution in [2.75, 3.05) is 0 Å². The predicted molar refractivity (Wildman–Crippen MR) is 187 cm³/mol. The van der Waals surface area contributed by atoms with Crippen molar-refractivity contribution in [1.82, 2.24) is 0 Å². The Morgan fingerprint density at radius 2 is 0.795 bits per heavy atom. The molecule has 44 heavy (non-hydrogen) atoms. The summed E-state index contributed by atoms with van der Waals surface area (Å²) in [5.41, 5.74) is 0.671. The zero-order valence-electron chi connectivity index (χ0n) is 29.7. The Morgan fingerprint density at radius 3 is 1.09 bits per heavy atom. The van der Waals surface area contributed by atoms with Gasteiger partial charge in [0.2, 0.25) is 0 Å². The summed E-state index contributed by atoms with van der Waals surface area (Å²) in [6, 6.07) is 3.75. The van der Waals surface area contributed by atoms with Crippen molar-refractivity contribution in [3.05, 3.63) is 30.1 Å². The summed E-state index contributed by atoms with van der Waals surface area (Å²) in [5, 5.41) is 0. The van der Waals surface area contributed by atoms with E-state index in [4.69, 9.17) is 4.74 Å². The van der Waals surface area contributed by atoms with Crippen LogP contribution < -0.4 is 17.0 Å². The van der Waals surface area contributed by atoms with E-state index in [0.29, 0.717) is 5.56 Å². The smallest absolute Gasteiger partial charge is 0.338 e. The first-order valence-electron chi connectivity index (χ1n) is 19.3. The van der Waals surface area contributed by atoms with Gasteiger partial charge in [-0.2, -0.15) is 0 Å². The second-order valence-corrected chi connectivity index (χ2v) is 13.5. The van der Waals surface area contributed by atoms with E-state index in [-0.39, 0.29) is 24.5 Å². The second kappa shape index (κ2) is 33.3. The summed E-state index contributed by atoms with van der Waals surface area (Å²) >= 11 is 0. The van der Waals surface area contributed by atoms with Crippen LogP contribution in [0.25, 0.3) is 0 Å². The first-order chi connectivity index (χ1) is 21.2. The molecule has 0 saturated heterocycles. The van der Waals surface area contributed by atoms with Gasteiger partial charge in [-0.05, 0) is 25.7 Å². The number of ether oxygens (including phenoxy) is 1. The van der Waals surface area contributed by atoms with Crippen molar-refractivity contribution in [2.45, 2.75) is 213 Å². The number of aromatic nitrogens is 1. The number of carbonyl (C=O) groups is 1. The molecule has 0 fully saturated rings. The highest BCUT2D eigenvalue weighted by molar-refractivity contribution is 5.89. The van der Waals surface area contributed by atoms with Gasteiger partial charge in [-0.3, -0.25) is 0 Å². The number of hydrogen-bond acceptors (Lipinski definition) is 2. The minimum atomic E-state index is -0.152. The Balaban J connectivity index is 0.0000185. The first kappa shape index (κ1) is 42.9. The third-order valence-corrected chi connectivity index (χ3v) is 9.25. The topological polar surface area (TPSA) is 30.2 Å². The fourth-order valence-corrected chi connectivity index (χ4v) is 6.25. The van der Waals surface area contributed by atoms with Crippen molar-refractivity contribution in [3.8, 4) is 0 Å². The zero-order valence-corrected chi connectivity index (χ0v) is 30.5. The lowest BCUT2D eigenvalue weighted by molar-refractivity contribution is -0.671. The Bertz CT molecular complexity index is 691. The van der Waals surface area contributed by atoms with Crippen LogP contribution in [0.15, 0.2) is 24.5 Å². The number of halogens is 1. The van der Waals surface area contributed by atoms with E-state index in [0.717, 1.165) is 12.8 Å². The number of carbonyl (C=O) groups excluding carboxylic acids is 1. The Morgan fingerprint density at radius 1 is 0.523 bits per heavy atom. The van der Waals surface area contributed by atoms with Crippen LogP contribution in [0.5, 0.6) is 0 Å².